The normalized spacial score (nSPS) is 27.7. The molecular weight excluding hydrogens is 559 g/mol. The van der Waals surface area contributed by atoms with E-state index in [1.165, 1.54) is 4.57 Å². The van der Waals surface area contributed by atoms with Crippen molar-refractivity contribution in [1.82, 2.24) is 9.55 Å². The first-order valence-corrected chi connectivity index (χ1v) is 16.5. The van der Waals surface area contributed by atoms with Crippen LogP contribution in [0, 0.1) is 3.57 Å². The summed E-state index contributed by atoms with van der Waals surface area (Å²) >= 11 is 1.93. The molecule has 3 heterocycles. The van der Waals surface area contributed by atoms with Crippen LogP contribution in [0.15, 0.2) is 15.8 Å². The molecule has 0 saturated carbocycles. The Hall–Kier alpha value is -0.316. The van der Waals surface area contributed by atoms with Crippen LogP contribution in [0.4, 0.5) is 0 Å². The quantitative estimate of drug-likeness (QED) is 0.401. The fourth-order valence-electron chi connectivity index (χ4n) is 4.98. The zero-order chi connectivity index (χ0) is 24.0. The van der Waals surface area contributed by atoms with Gasteiger partial charge >= 0.3 is 22.8 Å². The number of hydrogen-bond acceptors (Lipinski definition) is 6. The van der Waals surface area contributed by atoms with Gasteiger partial charge in [-0.2, -0.15) is 0 Å². The summed E-state index contributed by atoms with van der Waals surface area (Å²) in [6.07, 6.45) is 1.00. The molecule has 0 radical (unpaired) electrons. The average Bonchev–Trinajstić information content (AvgIpc) is 3.05. The number of nitrogens with one attached hydrogen (secondary N) is 1. The van der Waals surface area contributed by atoms with Gasteiger partial charge in [0.25, 0.3) is 5.56 Å². The van der Waals surface area contributed by atoms with E-state index in [1.807, 2.05) is 22.6 Å². The third kappa shape index (κ3) is 4.62. The number of fused-ring (bicyclic) bond motifs is 1. The van der Waals surface area contributed by atoms with Crippen molar-refractivity contribution in [1.29, 1.82) is 0 Å². The smallest absolute Gasteiger partial charge is 0.335 e. The van der Waals surface area contributed by atoms with Gasteiger partial charge < -0.3 is 17.7 Å². The van der Waals surface area contributed by atoms with Crippen molar-refractivity contribution in [3.63, 3.8) is 0 Å². The standard InChI is InChI=1S/C21H37IN2O6Si2/c1-12(2)31(13(3)4)27-11-18-17(29-32(30-31,14(5)6)15(7)8)9-19(28-18)24-10-16(22)20(25)23-21(24)26/h10,12-15,17-19H,9,11H2,1-8H3,(H,23,25,26)/t17-,18+,19+/m0/s1. The van der Waals surface area contributed by atoms with Crippen LogP contribution in [-0.2, 0) is 17.7 Å². The second-order valence-electron chi connectivity index (χ2n) is 10.1. The Morgan fingerprint density at radius 2 is 1.53 bits per heavy atom. The second-order valence-corrected chi connectivity index (χ2v) is 20.1. The molecule has 0 aromatic carbocycles. The highest BCUT2D eigenvalue weighted by Crippen LogP contribution is 2.48. The Morgan fingerprint density at radius 1 is 0.969 bits per heavy atom. The maximum atomic E-state index is 12.5. The van der Waals surface area contributed by atoms with Crippen LogP contribution in [0.2, 0.25) is 22.2 Å². The molecule has 2 fully saturated rings. The highest BCUT2D eigenvalue weighted by atomic mass is 127. The number of nitrogens with zero attached hydrogens (tertiary/aromatic N) is 1. The van der Waals surface area contributed by atoms with E-state index in [4.69, 9.17) is 17.7 Å². The molecule has 2 aliphatic heterocycles. The molecule has 11 heteroatoms. The highest BCUT2D eigenvalue weighted by molar-refractivity contribution is 14.1. The fraction of sp³-hybridized carbons (Fsp3) is 0.810. The second kappa shape index (κ2) is 9.74. The van der Waals surface area contributed by atoms with E-state index >= 15 is 0 Å². The van der Waals surface area contributed by atoms with Gasteiger partial charge in [0.2, 0.25) is 0 Å². The molecular formula is C21H37IN2O6Si2. The van der Waals surface area contributed by atoms with E-state index in [9.17, 15) is 9.59 Å². The van der Waals surface area contributed by atoms with E-state index in [2.05, 4.69) is 60.4 Å². The van der Waals surface area contributed by atoms with E-state index < -0.39 is 29.0 Å². The average molecular weight is 597 g/mol. The van der Waals surface area contributed by atoms with Crippen molar-refractivity contribution < 1.29 is 17.7 Å². The van der Waals surface area contributed by atoms with Crippen molar-refractivity contribution >= 4 is 39.7 Å². The van der Waals surface area contributed by atoms with Gasteiger partial charge in [0.05, 0.1) is 16.3 Å². The first kappa shape index (κ1) is 26.3. The predicted octanol–water partition coefficient (Wildman–Crippen LogP) is 4.39. The molecule has 0 spiro atoms. The summed E-state index contributed by atoms with van der Waals surface area (Å²) in [4.78, 5) is 26.7. The summed E-state index contributed by atoms with van der Waals surface area (Å²) in [5.41, 5.74) is 0.103. The van der Waals surface area contributed by atoms with Gasteiger partial charge in [-0.05, 0) is 44.8 Å². The van der Waals surface area contributed by atoms with Crippen molar-refractivity contribution in [3.8, 4) is 0 Å². The molecule has 0 bridgehead atoms. The number of halogens is 1. The summed E-state index contributed by atoms with van der Waals surface area (Å²) in [7, 11) is -5.35. The van der Waals surface area contributed by atoms with Crippen LogP contribution in [0.25, 0.3) is 0 Å². The number of ether oxygens (including phenoxy) is 1. The summed E-state index contributed by atoms with van der Waals surface area (Å²) in [6, 6.07) is 0. The van der Waals surface area contributed by atoms with Gasteiger partial charge in [-0.1, -0.05) is 55.4 Å². The Labute approximate surface area is 206 Å². The fourth-order valence-corrected chi connectivity index (χ4v) is 16.6. The minimum atomic E-state index is -2.72. The van der Waals surface area contributed by atoms with Gasteiger partial charge in [0.1, 0.15) is 12.3 Å². The molecule has 1 aromatic heterocycles. The van der Waals surface area contributed by atoms with Crippen LogP contribution in [0.1, 0.15) is 68.0 Å². The number of hydrogen-bond donors (Lipinski definition) is 1. The molecule has 0 unspecified atom stereocenters. The highest BCUT2D eigenvalue weighted by Gasteiger charge is 2.60. The van der Waals surface area contributed by atoms with Gasteiger partial charge in [-0.3, -0.25) is 14.3 Å². The van der Waals surface area contributed by atoms with E-state index in [0.717, 1.165) is 0 Å². The van der Waals surface area contributed by atoms with Crippen molar-refractivity contribution in [2.24, 2.45) is 0 Å². The van der Waals surface area contributed by atoms with Gasteiger partial charge in [-0.15, -0.1) is 0 Å². The molecule has 3 atom stereocenters. The number of aromatic amines is 1. The summed E-state index contributed by atoms with van der Waals surface area (Å²) in [6.45, 7) is 17.9. The predicted molar refractivity (Wildman–Crippen MR) is 136 cm³/mol. The summed E-state index contributed by atoms with van der Waals surface area (Å²) in [5, 5.41) is 0. The first-order valence-electron chi connectivity index (χ1n) is 11.5. The molecule has 0 aliphatic carbocycles. The number of H-pyrrole nitrogens is 1. The lowest BCUT2D eigenvalue weighted by Crippen LogP contribution is -2.65. The first-order chi connectivity index (χ1) is 14.8. The van der Waals surface area contributed by atoms with E-state index in [0.29, 0.717) is 16.6 Å². The van der Waals surface area contributed by atoms with Gasteiger partial charge in [-0.25, -0.2) is 4.79 Å². The van der Waals surface area contributed by atoms with Crippen LogP contribution < -0.4 is 11.2 Å². The van der Waals surface area contributed by atoms with Gasteiger partial charge in [0.15, 0.2) is 0 Å². The molecule has 2 aliphatic rings. The van der Waals surface area contributed by atoms with E-state index in [1.54, 1.807) is 6.20 Å². The molecule has 182 valence electrons. The summed E-state index contributed by atoms with van der Waals surface area (Å²) < 4.78 is 29.1. The van der Waals surface area contributed by atoms with Gasteiger partial charge in [0, 0.05) is 12.6 Å². The van der Waals surface area contributed by atoms with Crippen LogP contribution in [0.3, 0.4) is 0 Å². The van der Waals surface area contributed by atoms with Crippen molar-refractivity contribution in [2.45, 2.75) is 102 Å². The van der Waals surface area contributed by atoms with Crippen LogP contribution in [0.5, 0.6) is 0 Å². The van der Waals surface area contributed by atoms with E-state index in [-0.39, 0.29) is 39.9 Å². The minimum Gasteiger partial charge on any atom is -0.414 e. The Morgan fingerprint density at radius 3 is 2.06 bits per heavy atom. The monoisotopic (exact) mass is 596 g/mol. The largest absolute Gasteiger partial charge is 0.414 e. The third-order valence-electron chi connectivity index (χ3n) is 6.76. The SMILES string of the molecule is CC(C)[Si]1(C(C)C)OC[C@H]2O[C@@H](n3cc(I)c(=O)[nH]c3=O)C[C@@H]2O[Si](C(C)C)(C(C)C)O1. The molecule has 32 heavy (non-hydrogen) atoms. The molecule has 3 rings (SSSR count). The van der Waals surface area contributed by atoms with Crippen molar-refractivity contribution in [3.05, 3.63) is 30.6 Å². The van der Waals surface area contributed by atoms with Crippen LogP contribution in [-0.4, -0.2) is 45.5 Å². The zero-order valence-corrected chi connectivity index (χ0v) is 24.5. The van der Waals surface area contributed by atoms with Crippen LogP contribution >= 0.6 is 22.6 Å². The Bertz CT molecular complexity index is 916. The molecule has 1 N–H and O–H groups in total. The maximum absolute atomic E-state index is 12.5. The Kier molecular flexibility index (Phi) is 8.00. The lowest BCUT2D eigenvalue weighted by Gasteiger charge is -2.51. The topological polar surface area (TPSA) is 91.8 Å². The van der Waals surface area contributed by atoms with Crippen molar-refractivity contribution in [2.75, 3.05) is 6.61 Å². The summed E-state index contributed by atoms with van der Waals surface area (Å²) in [5.74, 6) is 0. The molecule has 2 saturated heterocycles. The number of aromatic nitrogens is 2. The molecule has 8 nitrogen and oxygen atoms in total. The lowest BCUT2D eigenvalue weighted by molar-refractivity contribution is -0.0566. The Balaban J connectivity index is 2.04. The maximum Gasteiger partial charge on any atom is 0.335 e. The number of rotatable bonds is 5. The minimum absolute atomic E-state index is 0.227. The molecule has 1 aromatic rings. The lowest BCUT2D eigenvalue weighted by atomic mass is 10.2. The molecule has 0 amide bonds. The zero-order valence-electron chi connectivity index (χ0n) is 20.3. The third-order valence-corrected chi connectivity index (χ3v) is 17.8.